The number of hydrogen-bond acceptors (Lipinski definition) is 4. The molecule has 1 atom stereocenters. The lowest BCUT2D eigenvalue weighted by Gasteiger charge is -2.14. The lowest BCUT2D eigenvalue weighted by Crippen LogP contribution is -2.38. The Hall–Kier alpha value is -2.57. The van der Waals surface area contributed by atoms with E-state index in [4.69, 9.17) is 4.74 Å². The molecule has 1 aromatic heterocycles. The van der Waals surface area contributed by atoms with Crippen molar-refractivity contribution in [2.75, 3.05) is 13.7 Å². The Morgan fingerprint density at radius 3 is 2.86 bits per heavy atom. The van der Waals surface area contributed by atoms with Crippen LogP contribution in [0.25, 0.3) is 0 Å². The third-order valence-corrected chi connectivity index (χ3v) is 3.35. The molecule has 0 aliphatic rings. The highest BCUT2D eigenvalue weighted by Crippen LogP contribution is 2.17. The molecule has 2 rings (SSSR count). The second-order valence-corrected chi connectivity index (χ2v) is 4.98. The first-order chi connectivity index (χ1) is 10.6. The Morgan fingerprint density at radius 2 is 2.18 bits per heavy atom. The van der Waals surface area contributed by atoms with Crippen LogP contribution in [0.3, 0.4) is 0 Å². The van der Waals surface area contributed by atoms with Crippen LogP contribution in [-0.4, -0.2) is 34.5 Å². The van der Waals surface area contributed by atoms with Crippen molar-refractivity contribution in [2.24, 2.45) is 7.05 Å². The van der Waals surface area contributed by atoms with Crippen molar-refractivity contribution in [1.82, 2.24) is 25.4 Å². The molecule has 7 nitrogen and oxygen atoms in total. The summed E-state index contributed by atoms with van der Waals surface area (Å²) in [5, 5.41) is 13.4. The van der Waals surface area contributed by atoms with Gasteiger partial charge < -0.3 is 19.9 Å². The zero-order valence-corrected chi connectivity index (χ0v) is 13.0. The normalized spacial score (nSPS) is 11.8. The van der Waals surface area contributed by atoms with Gasteiger partial charge >= 0.3 is 6.03 Å². The number of urea groups is 1. The molecular formula is C15H21N5O2. The number of nitrogens with one attached hydrogen (secondary N) is 2. The van der Waals surface area contributed by atoms with E-state index in [-0.39, 0.29) is 12.1 Å². The van der Waals surface area contributed by atoms with Crippen LogP contribution >= 0.6 is 0 Å². The third kappa shape index (κ3) is 3.97. The van der Waals surface area contributed by atoms with Gasteiger partial charge in [-0.05, 0) is 25.0 Å². The zero-order valence-electron chi connectivity index (χ0n) is 13.0. The van der Waals surface area contributed by atoms with Crippen molar-refractivity contribution < 1.29 is 9.53 Å². The molecule has 7 heteroatoms. The SMILES string of the molecule is COc1ccccc1CCNC(=O)N[C@H](C)c1nncn1C. The van der Waals surface area contributed by atoms with E-state index < -0.39 is 0 Å². The van der Waals surface area contributed by atoms with E-state index in [1.165, 1.54) is 0 Å². The Labute approximate surface area is 129 Å². The third-order valence-electron chi connectivity index (χ3n) is 3.35. The van der Waals surface area contributed by atoms with Gasteiger partial charge in [0.2, 0.25) is 0 Å². The molecule has 0 saturated carbocycles. The fraction of sp³-hybridized carbons (Fsp3) is 0.400. The molecule has 118 valence electrons. The van der Waals surface area contributed by atoms with E-state index in [0.29, 0.717) is 18.8 Å². The fourth-order valence-electron chi connectivity index (χ4n) is 2.22. The van der Waals surface area contributed by atoms with Gasteiger partial charge in [0.05, 0.1) is 13.2 Å². The minimum atomic E-state index is -0.231. The maximum absolute atomic E-state index is 11.9. The van der Waals surface area contributed by atoms with E-state index >= 15 is 0 Å². The monoisotopic (exact) mass is 303 g/mol. The van der Waals surface area contributed by atoms with Crippen LogP contribution in [0.1, 0.15) is 24.4 Å². The summed E-state index contributed by atoms with van der Waals surface area (Å²) in [6.45, 7) is 2.39. The van der Waals surface area contributed by atoms with Crippen LogP contribution in [0.15, 0.2) is 30.6 Å². The smallest absolute Gasteiger partial charge is 0.315 e. The summed E-state index contributed by atoms with van der Waals surface area (Å²) in [6.07, 6.45) is 2.31. The van der Waals surface area contributed by atoms with Crippen molar-refractivity contribution in [3.05, 3.63) is 42.0 Å². The lowest BCUT2D eigenvalue weighted by atomic mass is 10.1. The number of ether oxygens (including phenoxy) is 1. The topological polar surface area (TPSA) is 81.1 Å². The van der Waals surface area contributed by atoms with Crippen molar-refractivity contribution in [1.29, 1.82) is 0 Å². The van der Waals surface area contributed by atoms with Crippen molar-refractivity contribution in [3.8, 4) is 5.75 Å². The number of amides is 2. The van der Waals surface area contributed by atoms with Gasteiger partial charge in [0.25, 0.3) is 0 Å². The maximum atomic E-state index is 11.9. The molecule has 0 spiro atoms. The number of rotatable bonds is 6. The summed E-state index contributed by atoms with van der Waals surface area (Å²) in [4.78, 5) is 11.9. The molecule has 0 bridgehead atoms. The van der Waals surface area contributed by atoms with Crippen LogP contribution in [0, 0.1) is 0 Å². The average molecular weight is 303 g/mol. The van der Waals surface area contributed by atoms with Gasteiger partial charge in [-0.15, -0.1) is 10.2 Å². The molecule has 0 radical (unpaired) electrons. The zero-order chi connectivity index (χ0) is 15.9. The van der Waals surface area contributed by atoms with Gasteiger partial charge in [0, 0.05) is 13.6 Å². The predicted molar refractivity (Wildman–Crippen MR) is 82.7 cm³/mol. The first kappa shape index (κ1) is 15.8. The van der Waals surface area contributed by atoms with E-state index in [2.05, 4.69) is 20.8 Å². The highest BCUT2D eigenvalue weighted by Gasteiger charge is 2.13. The average Bonchev–Trinajstić information content (AvgIpc) is 2.94. The summed E-state index contributed by atoms with van der Waals surface area (Å²) >= 11 is 0. The number of methoxy groups -OCH3 is 1. The molecule has 0 aliphatic heterocycles. The molecular weight excluding hydrogens is 282 g/mol. The molecule has 0 unspecified atom stereocenters. The molecule has 0 saturated heterocycles. The van der Waals surface area contributed by atoms with Crippen LogP contribution in [0.4, 0.5) is 4.79 Å². The minimum Gasteiger partial charge on any atom is -0.496 e. The number of hydrogen-bond donors (Lipinski definition) is 2. The fourth-order valence-corrected chi connectivity index (χ4v) is 2.22. The molecule has 2 N–H and O–H groups in total. The van der Waals surface area contributed by atoms with Gasteiger partial charge in [-0.2, -0.15) is 0 Å². The van der Waals surface area contributed by atoms with Gasteiger partial charge in [-0.1, -0.05) is 18.2 Å². The summed E-state index contributed by atoms with van der Waals surface area (Å²) in [5.74, 6) is 1.54. The van der Waals surface area contributed by atoms with Gasteiger partial charge in [0.15, 0.2) is 5.82 Å². The first-order valence-electron chi connectivity index (χ1n) is 7.12. The molecule has 2 aromatic rings. The molecule has 1 aromatic carbocycles. The van der Waals surface area contributed by atoms with E-state index in [0.717, 1.165) is 11.3 Å². The second-order valence-electron chi connectivity index (χ2n) is 4.98. The Morgan fingerprint density at radius 1 is 1.41 bits per heavy atom. The van der Waals surface area contributed by atoms with Crippen LogP contribution in [0.5, 0.6) is 5.75 Å². The van der Waals surface area contributed by atoms with E-state index in [9.17, 15) is 4.79 Å². The van der Waals surface area contributed by atoms with Gasteiger partial charge in [-0.25, -0.2) is 4.79 Å². The lowest BCUT2D eigenvalue weighted by molar-refractivity contribution is 0.237. The Kier molecular flexibility index (Phi) is 5.35. The van der Waals surface area contributed by atoms with Crippen molar-refractivity contribution in [2.45, 2.75) is 19.4 Å². The number of nitrogens with zero attached hydrogens (tertiary/aromatic N) is 3. The highest BCUT2D eigenvalue weighted by molar-refractivity contribution is 5.74. The Balaban J connectivity index is 1.80. The number of aryl methyl sites for hydroxylation is 1. The second kappa shape index (κ2) is 7.44. The number of carbonyl (C=O) groups is 1. The minimum absolute atomic E-state index is 0.209. The molecule has 0 fully saturated rings. The summed E-state index contributed by atoms with van der Waals surface area (Å²) < 4.78 is 7.06. The molecule has 22 heavy (non-hydrogen) atoms. The molecule has 0 aliphatic carbocycles. The van der Waals surface area contributed by atoms with Crippen LogP contribution in [0.2, 0.25) is 0 Å². The highest BCUT2D eigenvalue weighted by atomic mass is 16.5. The van der Waals surface area contributed by atoms with E-state index in [1.807, 2.05) is 38.2 Å². The largest absolute Gasteiger partial charge is 0.496 e. The summed E-state index contributed by atoms with van der Waals surface area (Å²) in [7, 11) is 3.48. The van der Waals surface area contributed by atoms with Crippen LogP contribution in [-0.2, 0) is 13.5 Å². The van der Waals surface area contributed by atoms with Crippen molar-refractivity contribution in [3.63, 3.8) is 0 Å². The molecule has 2 amide bonds. The summed E-state index contributed by atoms with van der Waals surface area (Å²) in [5.41, 5.74) is 1.06. The van der Waals surface area contributed by atoms with Crippen molar-refractivity contribution >= 4 is 6.03 Å². The van der Waals surface area contributed by atoms with Crippen LogP contribution < -0.4 is 15.4 Å². The van der Waals surface area contributed by atoms with E-state index in [1.54, 1.807) is 18.0 Å². The maximum Gasteiger partial charge on any atom is 0.315 e. The standard InChI is InChI=1S/C15H21N5O2/c1-11(14-19-17-10-20(14)2)18-15(21)16-9-8-12-6-4-5-7-13(12)22-3/h4-7,10-11H,8-9H2,1-3H3,(H2,16,18,21)/t11-/m1/s1. The molecule has 1 heterocycles. The van der Waals surface area contributed by atoms with Gasteiger partial charge in [-0.3, -0.25) is 0 Å². The summed E-state index contributed by atoms with van der Waals surface area (Å²) in [6, 6.07) is 7.33. The first-order valence-corrected chi connectivity index (χ1v) is 7.12. The number of carbonyl (C=O) groups excluding carboxylic acids is 1. The quantitative estimate of drug-likeness (QED) is 0.846. The predicted octanol–water partition coefficient (Wildman–Crippen LogP) is 1.43. The Bertz CT molecular complexity index is 626. The number of benzene rings is 1. The van der Waals surface area contributed by atoms with Gasteiger partial charge in [0.1, 0.15) is 12.1 Å². The number of para-hydroxylation sites is 1. The number of aromatic nitrogens is 3.